The topological polar surface area (TPSA) is 116 Å². The number of thioether (sulfide) groups is 1. The number of aromatic nitrogens is 2. The highest BCUT2D eigenvalue weighted by molar-refractivity contribution is 8.14. The molecule has 0 aliphatic carbocycles. The third-order valence-corrected chi connectivity index (χ3v) is 5.20. The van der Waals surface area contributed by atoms with Crippen molar-refractivity contribution in [1.82, 2.24) is 9.55 Å². The summed E-state index contributed by atoms with van der Waals surface area (Å²) in [6.45, 7) is 4.88. The Bertz CT molecular complexity index is 759. The Morgan fingerprint density at radius 2 is 2.12 bits per heavy atom. The molecule has 1 N–H and O–H groups in total. The number of nitrogens with zero attached hydrogens (tertiary/aromatic N) is 2. The van der Waals surface area contributed by atoms with Gasteiger partial charge in [0.15, 0.2) is 5.12 Å². The average Bonchev–Trinajstić information content (AvgIpc) is 2.53. The second-order valence-corrected chi connectivity index (χ2v) is 7.15. The Balaban J connectivity index is 2.53. The second kappa shape index (κ2) is 7.81. The van der Waals surface area contributed by atoms with Crippen LogP contribution in [-0.2, 0) is 14.3 Å². The quantitative estimate of drug-likeness (QED) is 0.779. The number of carboxylic acid groups (broad SMARTS) is 1. The van der Waals surface area contributed by atoms with Crippen LogP contribution in [-0.4, -0.2) is 43.6 Å². The Hall–Kier alpha value is -2.16. The number of hydrogen-bond acceptors (Lipinski definition) is 7. The zero-order valence-corrected chi connectivity index (χ0v) is 15.0. The predicted molar refractivity (Wildman–Crippen MR) is 90.8 cm³/mol. The maximum Gasteiger partial charge on any atom is 0.345 e. The van der Waals surface area contributed by atoms with Gasteiger partial charge in [-0.2, -0.15) is 0 Å². The lowest BCUT2D eigenvalue weighted by atomic mass is 9.91. The molecule has 0 amide bonds. The van der Waals surface area contributed by atoms with Crippen molar-refractivity contribution < 1.29 is 24.2 Å². The van der Waals surface area contributed by atoms with Crippen LogP contribution in [0.4, 0.5) is 0 Å². The monoisotopic (exact) mass is 368 g/mol. The fourth-order valence-corrected chi connectivity index (χ4v) is 3.86. The van der Waals surface area contributed by atoms with Gasteiger partial charge in [-0.1, -0.05) is 11.8 Å². The van der Waals surface area contributed by atoms with Crippen molar-refractivity contribution in [3.63, 3.8) is 0 Å². The van der Waals surface area contributed by atoms with Gasteiger partial charge in [0.05, 0.1) is 6.61 Å². The van der Waals surface area contributed by atoms with Gasteiger partial charge in [-0.15, -0.1) is 0 Å². The van der Waals surface area contributed by atoms with Crippen LogP contribution < -0.4 is 5.56 Å². The minimum absolute atomic E-state index is 0.133. The number of hydrogen-bond donors (Lipinski definition) is 1. The number of carbonyl (C=O) groups excluding carboxylic acids is 2. The smallest absolute Gasteiger partial charge is 0.345 e. The van der Waals surface area contributed by atoms with Crippen LogP contribution in [0.2, 0.25) is 0 Å². The summed E-state index contributed by atoms with van der Waals surface area (Å²) in [5.41, 5.74) is -0.721. The van der Waals surface area contributed by atoms with E-state index in [4.69, 9.17) is 4.74 Å². The normalized spacial score (nSPS) is 20.4. The summed E-state index contributed by atoms with van der Waals surface area (Å²) >= 11 is 0.718. The molecule has 0 aromatic carbocycles. The molecular weight excluding hydrogens is 348 g/mol. The van der Waals surface area contributed by atoms with Crippen LogP contribution >= 0.6 is 11.8 Å². The van der Waals surface area contributed by atoms with E-state index in [1.165, 1.54) is 11.5 Å². The molecule has 0 saturated carbocycles. The van der Waals surface area contributed by atoms with Crippen molar-refractivity contribution in [1.29, 1.82) is 0 Å². The highest BCUT2D eigenvalue weighted by Crippen LogP contribution is 2.38. The first kappa shape index (κ1) is 19.2. The number of fused-ring (bicyclic) bond motifs is 1. The molecule has 0 bridgehead atoms. The highest BCUT2D eigenvalue weighted by atomic mass is 32.2. The third kappa shape index (κ3) is 3.92. The fraction of sp³-hybridized carbons (Fsp3) is 0.562. The predicted octanol–water partition coefficient (Wildman–Crippen LogP) is 1.59. The first-order chi connectivity index (χ1) is 11.8. The molecule has 136 valence electrons. The standard InChI is InChI=1S/C16H20N2O6S/c1-4-24-16(23)11-7-17-13-10(12(15(21)22)25-9(3)19)6-5-8(2)18(13)14(11)20/h7-8,10,12H,4-6H2,1-3H3,(H,21,22)/t8-,10-,12?/m0/s1. The molecule has 0 radical (unpaired) electrons. The van der Waals surface area contributed by atoms with E-state index < -0.39 is 28.7 Å². The molecule has 1 unspecified atom stereocenters. The van der Waals surface area contributed by atoms with E-state index in [1.54, 1.807) is 6.92 Å². The minimum atomic E-state index is -1.13. The zero-order chi connectivity index (χ0) is 18.7. The first-order valence-corrected chi connectivity index (χ1v) is 8.84. The number of aliphatic carboxylic acids is 1. The van der Waals surface area contributed by atoms with Crippen molar-refractivity contribution in [2.45, 2.75) is 50.8 Å². The Morgan fingerprint density at radius 3 is 2.68 bits per heavy atom. The lowest BCUT2D eigenvalue weighted by Gasteiger charge is -2.32. The summed E-state index contributed by atoms with van der Waals surface area (Å²) in [6, 6.07) is -0.225. The Morgan fingerprint density at radius 1 is 1.44 bits per heavy atom. The van der Waals surface area contributed by atoms with E-state index >= 15 is 0 Å². The number of ether oxygens (including phenoxy) is 1. The molecular formula is C16H20N2O6S. The third-order valence-electron chi connectivity index (χ3n) is 4.09. The summed E-state index contributed by atoms with van der Waals surface area (Å²) < 4.78 is 6.22. The molecule has 2 heterocycles. The van der Waals surface area contributed by atoms with Crippen LogP contribution in [0.5, 0.6) is 0 Å². The summed E-state index contributed by atoms with van der Waals surface area (Å²) in [4.78, 5) is 51.8. The van der Waals surface area contributed by atoms with Crippen LogP contribution in [0, 0.1) is 0 Å². The Kier molecular flexibility index (Phi) is 5.99. The van der Waals surface area contributed by atoms with E-state index in [0.717, 1.165) is 18.0 Å². The minimum Gasteiger partial charge on any atom is -0.480 e. The summed E-state index contributed by atoms with van der Waals surface area (Å²) in [5.74, 6) is -2.18. The molecule has 25 heavy (non-hydrogen) atoms. The van der Waals surface area contributed by atoms with E-state index in [2.05, 4.69) is 4.98 Å². The van der Waals surface area contributed by atoms with Crippen LogP contribution in [0.15, 0.2) is 11.0 Å². The molecule has 0 fully saturated rings. The van der Waals surface area contributed by atoms with Gasteiger partial charge >= 0.3 is 11.9 Å². The van der Waals surface area contributed by atoms with Crippen molar-refractivity contribution in [3.05, 3.63) is 27.9 Å². The van der Waals surface area contributed by atoms with Crippen molar-refractivity contribution >= 4 is 28.8 Å². The SMILES string of the molecule is CCOC(=O)c1cnc2n(c1=O)[C@@H](C)CC[C@H]2C(SC(C)=O)C(=O)O. The highest BCUT2D eigenvalue weighted by Gasteiger charge is 2.38. The molecule has 0 spiro atoms. The molecule has 1 aliphatic rings. The average molecular weight is 368 g/mol. The molecule has 8 nitrogen and oxygen atoms in total. The van der Waals surface area contributed by atoms with Crippen molar-refractivity contribution in [2.75, 3.05) is 6.61 Å². The summed E-state index contributed by atoms with van der Waals surface area (Å²) in [7, 11) is 0. The van der Waals surface area contributed by atoms with E-state index in [1.807, 2.05) is 6.92 Å². The Labute approximate surface area is 148 Å². The molecule has 9 heteroatoms. The van der Waals surface area contributed by atoms with Gasteiger partial charge in [-0.3, -0.25) is 19.0 Å². The number of carboxylic acids is 1. The zero-order valence-electron chi connectivity index (χ0n) is 14.2. The number of esters is 1. The molecule has 1 aliphatic heterocycles. The van der Waals surface area contributed by atoms with Crippen LogP contribution in [0.1, 0.15) is 61.8 Å². The van der Waals surface area contributed by atoms with Gasteiger partial charge < -0.3 is 9.84 Å². The van der Waals surface area contributed by atoms with Gasteiger partial charge in [0.2, 0.25) is 0 Å². The summed E-state index contributed by atoms with van der Waals surface area (Å²) in [5, 5.41) is 8.14. The molecule has 3 atom stereocenters. The van der Waals surface area contributed by atoms with Gasteiger partial charge in [0, 0.05) is 25.1 Å². The lowest BCUT2D eigenvalue weighted by molar-refractivity contribution is -0.137. The van der Waals surface area contributed by atoms with E-state index in [9.17, 15) is 24.3 Å². The van der Waals surface area contributed by atoms with Crippen LogP contribution in [0.3, 0.4) is 0 Å². The first-order valence-electron chi connectivity index (χ1n) is 7.96. The fourth-order valence-electron chi connectivity index (χ4n) is 2.98. The van der Waals surface area contributed by atoms with Gasteiger partial charge in [0.25, 0.3) is 5.56 Å². The largest absolute Gasteiger partial charge is 0.480 e. The van der Waals surface area contributed by atoms with Gasteiger partial charge in [-0.25, -0.2) is 9.78 Å². The number of carbonyl (C=O) groups is 3. The second-order valence-electron chi connectivity index (χ2n) is 5.83. The molecule has 0 saturated heterocycles. The van der Waals surface area contributed by atoms with E-state index in [-0.39, 0.29) is 29.2 Å². The maximum atomic E-state index is 12.7. The van der Waals surface area contributed by atoms with Gasteiger partial charge in [0.1, 0.15) is 16.6 Å². The maximum absolute atomic E-state index is 12.7. The van der Waals surface area contributed by atoms with Crippen molar-refractivity contribution in [2.24, 2.45) is 0 Å². The lowest BCUT2D eigenvalue weighted by Crippen LogP contribution is -2.40. The number of rotatable bonds is 5. The summed E-state index contributed by atoms with van der Waals surface area (Å²) in [6.07, 6.45) is 2.17. The molecule has 1 aromatic heterocycles. The van der Waals surface area contributed by atoms with Crippen LogP contribution in [0.25, 0.3) is 0 Å². The van der Waals surface area contributed by atoms with Gasteiger partial charge in [-0.05, 0) is 26.7 Å². The van der Waals surface area contributed by atoms with E-state index in [0.29, 0.717) is 12.8 Å². The van der Waals surface area contributed by atoms with Crippen molar-refractivity contribution in [3.8, 4) is 0 Å². The molecule has 1 aromatic rings. The molecule has 2 rings (SSSR count).